The molecule has 23 heavy (non-hydrogen) atoms. The molecule has 0 saturated carbocycles. The fraction of sp³-hybridized carbons (Fsp3) is 0.588. The maximum atomic E-state index is 10.4. The van der Waals surface area contributed by atoms with Gasteiger partial charge in [0.25, 0.3) is 0 Å². The highest BCUT2D eigenvalue weighted by atomic mass is 16.7. The molecule has 0 spiro atoms. The number of rotatable bonds is 9. The summed E-state index contributed by atoms with van der Waals surface area (Å²) in [5.74, 6) is 0. The molecule has 1 atom stereocenters. The van der Waals surface area contributed by atoms with Crippen LogP contribution in [-0.2, 0) is 15.9 Å². The highest BCUT2D eigenvalue weighted by Gasteiger charge is 2.13. The Labute approximate surface area is 137 Å². The highest BCUT2D eigenvalue weighted by molar-refractivity contribution is 5.64. The first-order chi connectivity index (χ1) is 11.2. The Balaban J connectivity index is 1.55. The standard InChI is InChI=1S/C17H26N2O4/c20-17(21)19-11-9-14-5-7-15(8-6-14)18-10-3-13-23-16-4-1-2-12-22-16/h5-8,16,18-19H,1-4,9-13H2,(H,20,21). The van der Waals surface area contributed by atoms with E-state index in [-0.39, 0.29) is 6.29 Å². The molecular formula is C17H26N2O4. The first-order valence-electron chi connectivity index (χ1n) is 8.27. The molecule has 1 saturated heterocycles. The molecule has 0 bridgehead atoms. The van der Waals surface area contributed by atoms with Crippen LogP contribution in [0.2, 0.25) is 0 Å². The average molecular weight is 322 g/mol. The molecule has 1 amide bonds. The minimum Gasteiger partial charge on any atom is -0.465 e. The van der Waals surface area contributed by atoms with E-state index in [1.165, 1.54) is 6.42 Å². The van der Waals surface area contributed by atoms with Gasteiger partial charge in [0.2, 0.25) is 0 Å². The van der Waals surface area contributed by atoms with Gasteiger partial charge in [-0.2, -0.15) is 0 Å². The number of nitrogens with one attached hydrogen (secondary N) is 2. The van der Waals surface area contributed by atoms with Crippen molar-refractivity contribution >= 4 is 11.8 Å². The van der Waals surface area contributed by atoms with Crippen molar-refractivity contribution in [1.82, 2.24) is 5.32 Å². The van der Waals surface area contributed by atoms with E-state index in [2.05, 4.69) is 10.6 Å². The van der Waals surface area contributed by atoms with Gasteiger partial charge in [-0.3, -0.25) is 0 Å². The van der Waals surface area contributed by atoms with E-state index in [0.29, 0.717) is 19.6 Å². The van der Waals surface area contributed by atoms with Crippen LogP contribution in [-0.4, -0.2) is 43.8 Å². The van der Waals surface area contributed by atoms with E-state index in [4.69, 9.17) is 14.6 Å². The predicted octanol–water partition coefficient (Wildman–Crippen LogP) is 2.84. The van der Waals surface area contributed by atoms with Gasteiger partial charge in [-0.1, -0.05) is 12.1 Å². The summed E-state index contributed by atoms with van der Waals surface area (Å²) in [4.78, 5) is 10.4. The topological polar surface area (TPSA) is 79.8 Å². The van der Waals surface area contributed by atoms with E-state index in [1.54, 1.807) is 0 Å². The van der Waals surface area contributed by atoms with Gasteiger partial charge in [-0.15, -0.1) is 0 Å². The maximum Gasteiger partial charge on any atom is 0.404 e. The van der Waals surface area contributed by atoms with E-state index in [9.17, 15) is 4.79 Å². The van der Waals surface area contributed by atoms with E-state index in [1.807, 2.05) is 24.3 Å². The third kappa shape index (κ3) is 7.34. The minimum atomic E-state index is -0.982. The zero-order valence-electron chi connectivity index (χ0n) is 13.4. The molecular weight excluding hydrogens is 296 g/mol. The lowest BCUT2D eigenvalue weighted by Crippen LogP contribution is -2.23. The average Bonchev–Trinajstić information content (AvgIpc) is 2.56. The van der Waals surface area contributed by atoms with Crippen molar-refractivity contribution in [1.29, 1.82) is 0 Å². The van der Waals surface area contributed by atoms with Crippen LogP contribution in [0, 0.1) is 0 Å². The summed E-state index contributed by atoms with van der Waals surface area (Å²) in [5, 5.41) is 14.2. The Bertz CT molecular complexity index is 458. The lowest BCUT2D eigenvalue weighted by molar-refractivity contribution is -0.162. The Morgan fingerprint density at radius 2 is 2.09 bits per heavy atom. The summed E-state index contributed by atoms with van der Waals surface area (Å²) in [6, 6.07) is 8.05. The number of carbonyl (C=O) groups is 1. The van der Waals surface area contributed by atoms with E-state index in [0.717, 1.165) is 43.7 Å². The van der Waals surface area contributed by atoms with Crippen LogP contribution in [0.3, 0.4) is 0 Å². The number of ether oxygens (including phenoxy) is 2. The summed E-state index contributed by atoms with van der Waals surface area (Å²) in [6.07, 6.45) is 3.98. The molecule has 1 unspecified atom stereocenters. The molecule has 0 aromatic heterocycles. The molecule has 1 aromatic rings. The van der Waals surface area contributed by atoms with Crippen molar-refractivity contribution in [2.75, 3.05) is 31.6 Å². The molecule has 6 nitrogen and oxygen atoms in total. The SMILES string of the molecule is O=C(O)NCCc1ccc(NCCCOC2CCCCO2)cc1. The van der Waals surface area contributed by atoms with E-state index >= 15 is 0 Å². The number of hydrogen-bond acceptors (Lipinski definition) is 4. The monoisotopic (exact) mass is 322 g/mol. The molecule has 1 heterocycles. The summed E-state index contributed by atoms with van der Waals surface area (Å²) in [7, 11) is 0. The van der Waals surface area contributed by atoms with Gasteiger partial charge in [0, 0.05) is 25.4 Å². The molecule has 1 aromatic carbocycles. The van der Waals surface area contributed by atoms with Gasteiger partial charge in [0.15, 0.2) is 6.29 Å². The predicted molar refractivity (Wildman–Crippen MR) is 88.8 cm³/mol. The van der Waals surface area contributed by atoms with Crippen molar-refractivity contribution in [2.24, 2.45) is 0 Å². The zero-order chi connectivity index (χ0) is 16.3. The molecule has 2 rings (SSSR count). The van der Waals surface area contributed by atoms with Crippen LogP contribution in [0.25, 0.3) is 0 Å². The second-order valence-corrected chi connectivity index (χ2v) is 5.63. The number of carboxylic acid groups (broad SMARTS) is 1. The Morgan fingerprint density at radius 1 is 1.26 bits per heavy atom. The largest absolute Gasteiger partial charge is 0.465 e. The third-order valence-corrected chi connectivity index (χ3v) is 3.74. The first-order valence-corrected chi connectivity index (χ1v) is 8.27. The molecule has 1 aliphatic heterocycles. The number of benzene rings is 1. The zero-order valence-corrected chi connectivity index (χ0v) is 13.4. The van der Waals surface area contributed by atoms with Gasteiger partial charge in [0.1, 0.15) is 0 Å². The van der Waals surface area contributed by atoms with Crippen molar-refractivity contribution in [3.8, 4) is 0 Å². The first kappa shape index (κ1) is 17.6. The van der Waals surface area contributed by atoms with Gasteiger partial charge in [-0.05, 0) is 49.8 Å². The normalized spacial score (nSPS) is 17.7. The molecule has 0 radical (unpaired) electrons. The molecule has 3 N–H and O–H groups in total. The second-order valence-electron chi connectivity index (χ2n) is 5.63. The molecule has 128 valence electrons. The minimum absolute atomic E-state index is 0.0116. The second kappa shape index (κ2) is 10.1. The highest BCUT2D eigenvalue weighted by Crippen LogP contribution is 2.14. The summed E-state index contributed by atoms with van der Waals surface area (Å²) >= 11 is 0. The summed E-state index contributed by atoms with van der Waals surface area (Å²) in [5.41, 5.74) is 2.18. The Morgan fingerprint density at radius 3 is 2.78 bits per heavy atom. The lowest BCUT2D eigenvalue weighted by atomic mass is 10.1. The fourth-order valence-electron chi connectivity index (χ4n) is 2.47. The van der Waals surface area contributed by atoms with Crippen molar-refractivity contribution in [3.63, 3.8) is 0 Å². The maximum absolute atomic E-state index is 10.4. The van der Waals surface area contributed by atoms with Gasteiger partial charge >= 0.3 is 6.09 Å². The van der Waals surface area contributed by atoms with Crippen molar-refractivity contribution in [3.05, 3.63) is 29.8 Å². The van der Waals surface area contributed by atoms with E-state index < -0.39 is 6.09 Å². The summed E-state index contributed by atoms with van der Waals surface area (Å²) < 4.78 is 11.2. The third-order valence-electron chi connectivity index (χ3n) is 3.74. The van der Waals surface area contributed by atoms with Gasteiger partial charge in [-0.25, -0.2) is 4.79 Å². The van der Waals surface area contributed by atoms with Gasteiger partial charge in [0.05, 0.1) is 6.61 Å². The fourth-order valence-corrected chi connectivity index (χ4v) is 2.47. The Kier molecular flexibility index (Phi) is 7.69. The van der Waals surface area contributed by atoms with Crippen LogP contribution < -0.4 is 10.6 Å². The number of anilines is 1. The Hall–Kier alpha value is -1.79. The van der Waals surface area contributed by atoms with Crippen molar-refractivity contribution in [2.45, 2.75) is 38.4 Å². The van der Waals surface area contributed by atoms with Crippen LogP contribution in [0.4, 0.5) is 10.5 Å². The van der Waals surface area contributed by atoms with Crippen LogP contribution >= 0.6 is 0 Å². The number of hydrogen-bond donors (Lipinski definition) is 3. The van der Waals surface area contributed by atoms with Crippen LogP contribution in [0.15, 0.2) is 24.3 Å². The van der Waals surface area contributed by atoms with Crippen LogP contribution in [0.5, 0.6) is 0 Å². The molecule has 6 heteroatoms. The lowest BCUT2D eigenvalue weighted by Gasteiger charge is -2.22. The molecule has 0 aliphatic carbocycles. The van der Waals surface area contributed by atoms with Crippen molar-refractivity contribution < 1.29 is 19.4 Å². The van der Waals surface area contributed by atoms with Gasteiger partial charge < -0.3 is 25.2 Å². The number of amides is 1. The summed E-state index contributed by atoms with van der Waals surface area (Å²) in [6.45, 7) is 2.81. The van der Waals surface area contributed by atoms with Crippen LogP contribution in [0.1, 0.15) is 31.2 Å². The smallest absolute Gasteiger partial charge is 0.404 e. The quantitative estimate of drug-likeness (QED) is 0.609. The molecule has 1 aliphatic rings. The molecule has 1 fully saturated rings.